The van der Waals surface area contributed by atoms with Crippen LogP contribution in [0, 0.1) is 13.0 Å². The van der Waals surface area contributed by atoms with Crippen molar-refractivity contribution >= 4 is 45.2 Å². The molecule has 0 atom stereocenters. The minimum Gasteiger partial charge on any atom is -0.434 e. The van der Waals surface area contributed by atoms with Gasteiger partial charge in [-0.15, -0.1) is 0 Å². The number of rotatable bonds is 2. The van der Waals surface area contributed by atoms with E-state index in [0.29, 0.717) is 7.14 Å². The van der Waals surface area contributed by atoms with E-state index in [1.54, 1.807) is 0 Å². The van der Waals surface area contributed by atoms with Crippen molar-refractivity contribution in [3.05, 3.63) is 25.1 Å². The second-order valence-electron chi connectivity index (χ2n) is 2.08. The lowest BCUT2D eigenvalue weighted by molar-refractivity contribution is -0.0506. The van der Waals surface area contributed by atoms with Gasteiger partial charge in [-0.1, -0.05) is 0 Å². The molecule has 0 aromatic heterocycles. The van der Waals surface area contributed by atoms with Crippen LogP contribution in [0.3, 0.4) is 0 Å². The number of hydrogen-bond acceptors (Lipinski definition) is 1. The molecular formula is C7H3F3I2O. The first-order valence-electron chi connectivity index (χ1n) is 3.10. The molecule has 13 heavy (non-hydrogen) atoms. The third-order valence-corrected chi connectivity index (χ3v) is 4.17. The SMILES string of the molecule is Fc1cc(I)c(I)c(OC(F)F)c1. The maximum absolute atomic E-state index is 12.7. The zero-order valence-electron chi connectivity index (χ0n) is 6.03. The number of alkyl halides is 2. The zero-order valence-corrected chi connectivity index (χ0v) is 10.3. The Morgan fingerprint density at radius 3 is 2.38 bits per heavy atom. The summed E-state index contributed by atoms with van der Waals surface area (Å²) in [6.07, 6.45) is 0. The highest BCUT2D eigenvalue weighted by Gasteiger charge is 2.12. The van der Waals surface area contributed by atoms with Crippen molar-refractivity contribution in [3.63, 3.8) is 0 Å². The van der Waals surface area contributed by atoms with Gasteiger partial charge in [-0.25, -0.2) is 4.39 Å². The molecule has 1 aromatic carbocycles. The molecule has 0 saturated heterocycles. The summed E-state index contributed by atoms with van der Waals surface area (Å²) in [4.78, 5) is 0. The normalized spacial score (nSPS) is 10.6. The van der Waals surface area contributed by atoms with Crippen LogP contribution in [0.15, 0.2) is 12.1 Å². The van der Waals surface area contributed by atoms with Gasteiger partial charge in [0.15, 0.2) is 0 Å². The lowest BCUT2D eigenvalue weighted by Gasteiger charge is -2.07. The first-order chi connectivity index (χ1) is 6.00. The van der Waals surface area contributed by atoms with Crippen molar-refractivity contribution in [1.29, 1.82) is 0 Å². The van der Waals surface area contributed by atoms with Crippen LogP contribution >= 0.6 is 45.2 Å². The van der Waals surface area contributed by atoms with Crippen LogP contribution in [0.2, 0.25) is 0 Å². The van der Waals surface area contributed by atoms with Gasteiger partial charge in [-0.05, 0) is 51.2 Å². The fourth-order valence-electron chi connectivity index (χ4n) is 0.714. The van der Waals surface area contributed by atoms with E-state index in [0.717, 1.165) is 6.07 Å². The van der Waals surface area contributed by atoms with Gasteiger partial charge < -0.3 is 4.74 Å². The molecule has 72 valence electrons. The molecule has 0 saturated carbocycles. The topological polar surface area (TPSA) is 9.23 Å². The molecule has 6 heteroatoms. The van der Waals surface area contributed by atoms with Crippen LogP contribution < -0.4 is 4.74 Å². The summed E-state index contributed by atoms with van der Waals surface area (Å²) in [6, 6.07) is 2.19. The highest BCUT2D eigenvalue weighted by molar-refractivity contribution is 14.1. The summed E-state index contributed by atoms with van der Waals surface area (Å²) >= 11 is 3.67. The predicted molar refractivity (Wildman–Crippen MR) is 58.5 cm³/mol. The molecule has 0 amide bonds. The number of halogens is 5. The summed E-state index contributed by atoms with van der Waals surface area (Å²) in [6.45, 7) is -2.92. The summed E-state index contributed by atoms with van der Waals surface area (Å²) < 4.78 is 41.5. The molecule has 0 spiro atoms. The Bertz CT molecular complexity index is 317. The van der Waals surface area contributed by atoms with E-state index in [1.807, 2.05) is 45.2 Å². The molecular weight excluding hydrogens is 411 g/mol. The fourth-order valence-corrected chi connectivity index (χ4v) is 1.72. The highest BCUT2D eigenvalue weighted by Crippen LogP contribution is 2.28. The van der Waals surface area contributed by atoms with Gasteiger partial charge in [-0.2, -0.15) is 8.78 Å². The molecule has 0 bridgehead atoms. The quantitative estimate of drug-likeness (QED) is 0.531. The third kappa shape index (κ3) is 3.15. The average molecular weight is 414 g/mol. The van der Waals surface area contributed by atoms with Crippen molar-refractivity contribution in [3.8, 4) is 5.75 Å². The third-order valence-electron chi connectivity index (χ3n) is 1.18. The Morgan fingerprint density at radius 2 is 1.85 bits per heavy atom. The van der Waals surface area contributed by atoms with E-state index >= 15 is 0 Å². The van der Waals surface area contributed by atoms with Crippen LogP contribution in [0.25, 0.3) is 0 Å². The van der Waals surface area contributed by atoms with Crippen molar-refractivity contribution in [2.75, 3.05) is 0 Å². The Morgan fingerprint density at radius 1 is 1.23 bits per heavy atom. The minimum atomic E-state index is -2.92. The summed E-state index contributed by atoms with van der Waals surface area (Å²) in [5, 5.41) is 0. The van der Waals surface area contributed by atoms with E-state index in [-0.39, 0.29) is 5.75 Å². The van der Waals surface area contributed by atoms with Crippen LogP contribution in [0.4, 0.5) is 13.2 Å². The standard InChI is InChI=1S/C7H3F3I2O/c8-3-1-4(11)6(12)5(2-3)13-7(9)10/h1-2,7H. The van der Waals surface area contributed by atoms with Crippen LogP contribution in [-0.4, -0.2) is 6.61 Å². The molecule has 1 rings (SSSR count). The van der Waals surface area contributed by atoms with Gasteiger partial charge in [0.05, 0.1) is 3.57 Å². The summed E-state index contributed by atoms with van der Waals surface area (Å²) in [7, 11) is 0. The monoisotopic (exact) mass is 414 g/mol. The molecule has 0 aliphatic heterocycles. The average Bonchev–Trinajstić information content (AvgIpc) is 1.98. The maximum Gasteiger partial charge on any atom is 0.387 e. The summed E-state index contributed by atoms with van der Waals surface area (Å²) in [5.41, 5.74) is 0. The molecule has 0 aliphatic rings. The molecule has 0 aliphatic carbocycles. The minimum absolute atomic E-state index is 0.125. The van der Waals surface area contributed by atoms with Gasteiger partial charge in [0.2, 0.25) is 0 Å². The van der Waals surface area contributed by atoms with Crippen LogP contribution in [0.1, 0.15) is 0 Å². The number of ether oxygens (including phenoxy) is 1. The van der Waals surface area contributed by atoms with Crippen molar-refractivity contribution < 1.29 is 17.9 Å². The number of hydrogen-bond donors (Lipinski definition) is 0. The zero-order chi connectivity index (χ0) is 10.0. The largest absolute Gasteiger partial charge is 0.434 e. The van der Waals surface area contributed by atoms with E-state index in [2.05, 4.69) is 4.74 Å². The van der Waals surface area contributed by atoms with Crippen molar-refractivity contribution in [2.24, 2.45) is 0 Å². The van der Waals surface area contributed by atoms with E-state index in [1.165, 1.54) is 6.07 Å². The van der Waals surface area contributed by atoms with Crippen molar-refractivity contribution in [1.82, 2.24) is 0 Å². The highest BCUT2D eigenvalue weighted by atomic mass is 127. The molecule has 0 radical (unpaired) electrons. The molecule has 0 heterocycles. The van der Waals surface area contributed by atoms with Crippen LogP contribution in [-0.2, 0) is 0 Å². The second-order valence-corrected chi connectivity index (χ2v) is 4.32. The fraction of sp³-hybridized carbons (Fsp3) is 0.143. The second kappa shape index (κ2) is 4.67. The van der Waals surface area contributed by atoms with Crippen molar-refractivity contribution in [2.45, 2.75) is 6.61 Å². The van der Waals surface area contributed by atoms with Gasteiger partial charge in [-0.3, -0.25) is 0 Å². The van der Waals surface area contributed by atoms with E-state index < -0.39 is 12.4 Å². The molecule has 0 N–H and O–H groups in total. The van der Waals surface area contributed by atoms with Gasteiger partial charge in [0, 0.05) is 9.64 Å². The smallest absolute Gasteiger partial charge is 0.387 e. The first kappa shape index (κ1) is 11.3. The molecule has 0 unspecified atom stereocenters. The van der Waals surface area contributed by atoms with Gasteiger partial charge in [0.1, 0.15) is 11.6 Å². The predicted octanol–water partition coefficient (Wildman–Crippen LogP) is 3.64. The van der Waals surface area contributed by atoms with E-state index in [4.69, 9.17) is 0 Å². The summed E-state index contributed by atoms with van der Waals surface area (Å²) in [5.74, 6) is -0.708. The Labute approximate surface area is 99.9 Å². The maximum atomic E-state index is 12.7. The van der Waals surface area contributed by atoms with Gasteiger partial charge in [0.25, 0.3) is 0 Å². The Kier molecular flexibility index (Phi) is 4.07. The molecule has 1 nitrogen and oxygen atoms in total. The lowest BCUT2D eigenvalue weighted by atomic mass is 10.3. The van der Waals surface area contributed by atoms with Crippen LogP contribution in [0.5, 0.6) is 5.75 Å². The van der Waals surface area contributed by atoms with Gasteiger partial charge >= 0.3 is 6.61 Å². The lowest BCUT2D eigenvalue weighted by Crippen LogP contribution is -2.04. The Hall–Kier alpha value is 0.270. The van der Waals surface area contributed by atoms with E-state index in [9.17, 15) is 13.2 Å². The number of benzene rings is 1. The first-order valence-corrected chi connectivity index (χ1v) is 5.26. The Balaban J connectivity index is 3.05. The molecule has 1 aromatic rings. The molecule has 0 fully saturated rings.